The molecule has 0 bridgehead atoms. The smallest absolute Gasteiger partial charge is 0.135 e. The molecule has 0 aromatic carbocycles. The zero-order chi connectivity index (χ0) is 11.7. The summed E-state index contributed by atoms with van der Waals surface area (Å²) in [4.78, 5) is 8.54. The van der Waals surface area contributed by atoms with Crippen LogP contribution in [0.1, 0.15) is 24.4 Å². The Hall–Kier alpha value is -1.18. The molecule has 0 amide bonds. The van der Waals surface area contributed by atoms with Crippen LogP contribution in [0.2, 0.25) is 0 Å². The molecular weight excluding hydrogens is 317 g/mol. The van der Waals surface area contributed by atoms with Crippen LogP contribution in [0.5, 0.6) is 0 Å². The van der Waals surface area contributed by atoms with Gasteiger partial charge in [0.25, 0.3) is 0 Å². The first-order chi connectivity index (χ1) is 7.61. The van der Waals surface area contributed by atoms with Gasteiger partial charge in [0.2, 0.25) is 0 Å². The zero-order valence-corrected chi connectivity index (χ0v) is 11.2. The molecule has 0 aliphatic carbocycles. The molecule has 0 saturated carbocycles. The predicted octanol–water partition coefficient (Wildman–Crippen LogP) is 1.78. The first kappa shape index (κ1) is 11.3. The highest BCUT2D eigenvalue weighted by molar-refractivity contribution is 14.1. The third-order valence-electron chi connectivity index (χ3n) is 2.47. The molecular formula is C10H12IN5. The third kappa shape index (κ3) is 1.89. The number of nitrogen functional groups attached to an aromatic ring is 1. The highest BCUT2D eigenvalue weighted by Crippen LogP contribution is 2.23. The number of rotatable bonds is 2. The van der Waals surface area contributed by atoms with Gasteiger partial charge in [-0.1, -0.05) is 0 Å². The van der Waals surface area contributed by atoms with E-state index in [1.165, 1.54) is 0 Å². The normalized spacial score (nSPS) is 12.7. The fourth-order valence-electron chi connectivity index (χ4n) is 1.60. The molecule has 5 nitrogen and oxygen atoms in total. The summed E-state index contributed by atoms with van der Waals surface area (Å²) in [5, 5.41) is 4.25. The quantitative estimate of drug-likeness (QED) is 0.853. The Morgan fingerprint density at radius 1 is 1.38 bits per heavy atom. The lowest BCUT2D eigenvalue weighted by molar-refractivity contribution is 0.553. The zero-order valence-electron chi connectivity index (χ0n) is 9.05. The third-order valence-corrected chi connectivity index (χ3v) is 3.30. The second-order valence-electron chi connectivity index (χ2n) is 3.53. The second-order valence-corrected chi connectivity index (χ2v) is 4.69. The molecule has 2 N–H and O–H groups in total. The number of nitrogens with two attached hydrogens (primary N) is 1. The van der Waals surface area contributed by atoms with Crippen LogP contribution in [0, 0.1) is 10.5 Å². The average Bonchev–Trinajstić information content (AvgIpc) is 2.60. The Bertz CT molecular complexity index is 508. The van der Waals surface area contributed by atoms with Crippen LogP contribution >= 0.6 is 22.6 Å². The minimum atomic E-state index is -0.00258. The number of hydrogen-bond donors (Lipinski definition) is 1. The molecule has 2 heterocycles. The van der Waals surface area contributed by atoms with Gasteiger partial charge in [0.1, 0.15) is 5.82 Å². The lowest BCUT2D eigenvalue weighted by atomic mass is 10.2. The van der Waals surface area contributed by atoms with Gasteiger partial charge in [0, 0.05) is 12.4 Å². The molecule has 6 heteroatoms. The average molecular weight is 329 g/mol. The maximum absolute atomic E-state index is 5.94. The van der Waals surface area contributed by atoms with Crippen LogP contribution in [0.25, 0.3) is 0 Å². The highest BCUT2D eigenvalue weighted by Gasteiger charge is 2.16. The number of nitrogens with zero attached hydrogens (tertiary/aromatic N) is 4. The van der Waals surface area contributed by atoms with Gasteiger partial charge >= 0.3 is 0 Å². The monoisotopic (exact) mass is 329 g/mol. The lowest BCUT2D eigenvalue weighted by Gasteiger charge is -2.14. The van der Waals surface area contributed by atoms with Gasteiger partial charge in [-0.15, -0.1) is 0 Å². The van der Waals surface area contributed by atoms with Gasteiger partial charge in [-0.25, -0.2) is 4.68 Å². The van der Waals surface area contributed by atoms with Crippen molar-refractivity contribution in [2.24, 2.45) is 0 Å². The molecule has 0 aliphatic heterocycles. The first-order valence-corrected chi connectivity index (χ1v) is 5.95. The fourth-order valence-corrected chi connectivity index (χ4v) is 1.98. The van der Waals surface area contributed by atoms with Crippen LogP contribution < -0.4 is 5.73 Å². The van der Waals surface area contributed by atoms with Crippen molar-refractivity contribution in [1.82, 2.24) is 19.7 Å². The van der Waals surface area contributed by atoms with Crippen molar-refractivity contribution >= 4 is 28.4 Å². The molecule has 2 rings (SSSR count). The minimum Gasteiger partial charge on any atom is -0.383 e. The van der Waals surface area contributed by atoms with Crippen molar-refractivity contribution in [3.63, 3.8) is 0 Å². The Labute approximate surface area is 107 Å². The van der Waals surface area contributed by atoms with Gasteiger partial charge in [-0.05, 0) is 36.4 Å². The van der Waals surface area contributed by atoms with Gasteiger partial charge in [0.05, 0.1) is 27.2 Å². The Morgan fingerprint density at radius 3 is 2.62 bits per heavy atom. The summed E-state index contributed by atoms with van der Waals surface area (Å²) in [5.41, 5.74) is 7.74. The molecule has 0 aliphatic rings. The molecule has 2 aromatic heterocycles. The summed E-state index contributed by atoms with van der Waals surface area (Å²) in [6.07, 6.45) is 5.11. The van der Waals surface area contributed by atoms with E-state index in [-0.39, 0.29) is 6.04 Å². The summed E-state index contributed by atoms with van der Waals surface area (Å²) in [7, 11) is 0. The maximum atomic E-state index is 5.94. The number of hydrogen-bond acceptors (Lipinski definition) is 4. The number of aryl methyl sites for hydroxylation is 1. The molecule has 1 atom stereocenters. The molecule has 0 fully saturated rings. The molecule has 0 radical (unpaired) electrons. The van der Waals surface area contributed by atoms with E-state index in [1.807, 2.05) is 13.8 Å². The summed E-state index contributed by atoms with van der Waals surface area (Å²) in [6.45, 7) is 3.94. The van der Waals surface area contributed by atoms with E-state index in [9.17, 15) is 0 Å². The topological polar surface area (TPSA) is 69.6 Å². The highest BCUT2D eigenvalue weighted by atomic mass is 127. The van der Waals surface area contributed by atoms with Gasteiger partial charge in [0.15, 0.2) is 0 Å². The van der Waals surface area contributed by atoms with Crippen molar-refractivity contribution < 1.29 is 0 Å². The van der Waals surface area contributed by atoms with Crippen molar-refractivity contribution in [2.75, 3.05) is 5.73 Å². The van der Waals surface area contributed by atoms with E-state index >= 15 is 0 Å². The van der Waals surface area contributed by atoms with E-state index in [4.69, 9.17) is 5.73 Å². The summed E-state index contributed by atoms with van der Waals surface area (Å²) in [5.74, 6) is 0.665. The second kappa shape index (κ2) is 4.36. The number of anilines is 1. The van der Waals surface area contributed by atoms with Crippen LogP contribution in [-0.2, 0) is 0 Å². The molecule has 2 aromatic rings. The van der Waals surface area contributed by atoms with Crippen LogP contribution in [0.4, 0.5) is 5.82 Å². The summed E-state index contributed by atoms with van der Waals surface area (Å²) < 4.78 is 2.71. The summed E-state index contributed by atoms with van der Waals surface area (Å²) in [6, 6.07) is -0.00258. The van der Waals surface area contributed by atoms with Gasteiger partial charge < -0.3 is 5.73 Å². The molecule has 0 saturated heterocycles. The van der Waals surface area contributed by atoms with E-state index in [1.54, 1.807) is 23.3 Å². The fraction of sp³-hybridized carbons (Fsp3) is 0.300. The Kier molecular flexibility index (Phi) is 3.08. The van der Waals surface area contributed by atoms with E-state index in [2.05, 4.69) is 37.7 Å². The minimum absolute atomic E-state index is 0.00258. The van der Waals surface area contributed by atoms with Crippen molar-refractivity contribution in [2.45, 2.75) is 19.9 Å². The van der Waals surface area contributed by atoms with E-state index < -0.39 is 0 Å². The Balaban J connectivity index is 2.43. The molecule has 1 unspecified atom stereocenters. The van der Waals surface area contributed by atoms with Crippen molar-refractivity contribution in [3.05, 3.63) is 33.5 Å². The summed E-state index contributed by atoms with van der Waals surface area (Å²) >= 11 is 2.16. The Morgan fingerprint density at radius 2 is 2.06 bits per heavy atom. The van der Waals surface area contributed by atoms with Crippen molar-refractivity contribution in [3.8, 4) is 0 Å². The number of halogens is 1. The first-order valence-electron chi connectivity index (χ1n) is 4.87. The maximum Gasteiger partial charge on any atom is 0.135 e. The molecule has 0 spiro atoms. The standard InChI is InChI=1S/C10H12IN5/c1-6-9(14-4-3-13-6)7(2)16-10(12)8(11)5-15-16/h3-5,7H,12H2,1-2H3. The van der Waals surface area contributed by atoms with Crippen LogP contribution in [0.15, 0.2) is 18.6 Å². The van der Waals surface area contributed by atoms with Gasteiger partial charge in [-0.2, -0.15) is 5.10 Å². The van der Waals surface area contributed by atoms with Gasteiger partial charge in [-0.3, -0.25) is 9.97 Å². The number of aromatic nitrogens is 4. The van der Waals surface area contributed by atoms with Crippen LogP contribution in [0.3, 0.4) is 0 Å². The molecule has 84 valence electrons. The van der Waals surface area contributed by atoms with E-state index in [0.717, 1.165) is 15.0 Å². The van der Waals surface area contributed by atoms with E-state index in [0.29, 0.717) is 5.82 Å². The SMILES string of the molecule is Cc1nccnc1C(C)n1ncc(I)c1N. The van der Waals surface area contributed by atoms with Crippen LogP contribution in [-0.4, -0.2) is 19.7 Å². The lowest BCUT2D eigenvalue weighted by Crippen LogP contribution is -2.14. The molecule has 16 heavy (non-hydrogen) atoms. The largest absolute Gasteiger partial charge is 0.383 e. The predicted molar refractivity (Wildman–Crippen MR) is 69.9 cm³/mol. The van der Waals surface area contributed by atoms with Crippen molar-refractivity contribution in [1.29, 1.82) is 0 Å².